The van der Waals surface area contributed by atoms with E-state index in [1.54, 1.807) is 0 Å². The first-order chi connectivity index (χ1) is 10.2. The van der Waals surface area contributed by atoms with Crippen LogP contribution in [-0.4, -0.2) is 13.1 Å². The molecule has 21 heavy (non-hydrogen) atoms. The van der Waals surface area contributed by atoms with E-state index >= 15 is 0 Å². The summed E-state index contributed by atoms with van der Waals surface area (Å²) in [6, 6.07) is 9.83. The molecule has 0 aromatic heterocycles. The lowest BCUT2D eigenvalue weighted by atomic mass is 9.47. The van der Waals surface area contributed by atoms with Gasteiger partial charge in [-0.3, -0.25) is 0 Å². The largest absolute Gasteiger partial charge is 0.316 e. The molecule has 2 heteroatoms. The van der Waals surface area contributed by atoms with E-state index in [0.717, 1.165) is 17.8 Å². The van der Waals surface area contributed by atoms with Crippen LogP contribution in [0.3, 0.4) is 0 Å². The van der Waals surface area contributed by atoms with Gasteiger partial charge in [0.05, 0.1) is 0 Å². The van der Waals surface area contributed by atoms with Crippen molar-refractivity contribution in [2.75, 3.05) is 7.05 Å². The highest BCUT2D eigenvalue weighted by molar-refractivity contribution is 14.1. The molecule has 4 saturated carbocycles. The van der Waals surface area contributed by atoms with Crippen LogP contribution >= 0.6 is 22.6 Å². The Morgan fingerprint density at radius 3 is 2.05 bits per heavy atom. The summed E-state index contributed by atoms with van der Waals surface area (Å²) in [6.45, 7) is 0. The van der Waals surface area contributed by atoms with Crippen LogP contribution in [0.1, 0.15) is 44.1 Å². The van der Waals surface area contributed by atoms with E-state index in [1.807, 2.05) is 0 Å². The first kappa shape index (κ1) is 14.5. The van der Waals surface area contributed by atoms with E-state index < -0.39 is 0 Å². The van der Waals surface area contributed by atoms with Gasteiger partial charge in [0.15, 0.2) is 0 Å². The first-order valence-electron chi connectivity index (χ1n) is 8.58. The first-order valence-corrected chi connectivity index (χ1v) is 9.66. The zero-order valence-electron chi connectivity index (χ0n) is 12.9. The van der Waals surface area contributed by atoms with Crippen LogP contribution < -0.4 is 5.32 Å². The van der Waals surface area contributed by atoms with Gasteiger partial charge in [0, 0.05) is 9.61 Å². The van der Waals surface area contributed by atoms with Crippen molar-refractivity contribution in [2.45, 2.75) is 51.0 Å². The number of hydrogen-bond donors (Lipinski definition) is 1. The molecule has 4 aliphatic carbocycles. The maximum atomic E-state index is 3.72. The Kier molecular flexibility index (Phi) is 3.81. The smallest absolute Gasteiger partial charge is 0.0161 e. The third kappa shape index (κ3) is 2.67. The van der Waals surface area contributed by atoms with Crippen LogP contribution in [0.2, 0.25) is 0 Å². The zero-order chi connectivity index (χ0) is 14.4. The van der Waals surface area contributed by atoms with E-state index in [1.165, 1.54) is 54.1 Å². The van der Waals surface area contributed by atoms with Crippen molar-refractivity contribution in [3.63, 3.8) is 0 Å². The fourth-order valence-corrected chi connectivity index (χ4v) is 6.44. The summed E-state index contributed by atoms with van der Waals surface area (Å²) < 4.78 is 1.34. The monoisotopic (exact) mass is 395 g/mol. The van der Waals surface area contributed by atoms with Gasteiger partial charge in [-0.15, -0.1) is 0 Å². The number of likely N-dealkylation sites (N-methyl/N-ethyl adjacent to an activating group) is 1. The van der Waals surface area contributed by atoms with Crippen LogP contribution in [0.25, 0.3) is 0 Å². The Balaban J connectivity index is 1.56. The highest BCUT2D eigenvalue weighted by Crippen LogP contribution is 2.61. The molecule has 1 atom stereocenters. The summed E-state index contributed by atoms with van der Waals surface area (Å²) in [5.41, 5.74) is 2.11. The molecule has 0 amide bonds. The molecule has 0 spiro atoms. The maximum Gasteiger partial charge on any atom is 0.0161 e. The molecular formula is C19H26IN. The van der Waals surface area contributed by atoms with Crippen LogP contribution in [0.15, 0.2) is 24.3 Å². The standard InChI is InChI=1S/C19H26IN/c1-21-18(9-13-2-4-17(20)5-3-13)19-10-14-6-15(11-19)8-16(7-14)12-19/h2-5,14-16,18,21H,6-12H2,1H3. The van der Waals surface area contributed by atoms with Gasteiger partial charge in [-0.25, -0.2) is 0 Å². The average Bonchev–Trinajstić information content (AvgIpc) is 2.45. The molecule has 0 aliphatic heterocycles. The van der Waals surface area contributed by atoms with Crippen molar-refractivity contribution in [2.24, 2.45) is 23.2 Å². The van der Waals surface area contributed by atoms with Crippen LogP contribution in [0, 0.1) is 26.7 Å². The number of benzene rings is 1. The highest BCUT2D eigenvalue weighted by Gasteiger charge is 2.53. The number of hydrogen-bond acceptors (Lipinski definition) is 1. The second-order valence-electron chi connectivity index (χ2n) is 7.95. The summed E-state index contributed by atoms with van der Waals surface area (Å²) in [6.07, 6.45) is 10.3. The van der Waals surface area contributed by atoms with Gasteiger partial charge < -0.3 is 5.32 Å². The molecule has 1 aromatic carbocycles. The van der Waals surface area contributed by atoms with Gasteiger partial charge >= 0.3 is 0 Å². The molecular weight excluding hydrogens is 369 g/mol. The average molecular weight is 395 g/mol. The molecule has 1 unspecified atom stereocenters. The number of halogens is 1. The second kappa shape index (κ2) is 5.52. The quantitative estimate of drug-likeness (QED) is 0.733. The van der Waals surface area contributed by atoms with Crippen molar-refractivity contribution in [3.05, 3.63) is 33.4 Å². The van der Waals surface area contributed by atoms with Gasteiger partial charge in [0.25, 0.3) is 0 Å². The Morgan fingerprint density at radius 1 is 1.05 bits per heavy atom. The lowest BCUT2D eigenvalue weighted by Crippen LogP contribution is -2.56. The Morgan fingerprint density at radius 2 is 1.57 bits per heavy atom. The number of nitrogens with one attached hydrogen (secondary N) is 1. The third-order valence-corrected chi connectivity index (χ3v) is 7.25. The minimum Gasteiger partial charge on any atom is -0.316 e. The van der Waals surface area contributed by atoms with Crippen LogP contribution in [0.5, 0.6) is 0 Å². The minimum absolute atomic E-state index is 0.604. The van der Waals surface area contributed by atoms with E-state index in [4.69, 9.17) is 0 Å². The molecule has 1 nitrogen and oxygen atoms in total. The van der Waals surface area contributed by atoms with E-state index in [0.29, 0.717) is 11.5 Å². The van der Waals surface area contributed by atoms with Gasteiger partial charge in [-0.1, -0.05) is 12.1 Å². The van der Waals surface area contributed by atoms with E-state index in [9.17, 15) is 0 Å². The third-order valence-electron chi connectivity index (χ3n) is 6.53. The Labute approximate surface area is 142 Å². The Bertz CT molecular complexity index is 472. The second-order valence-corrected chi connectivity index (χ2v) is 9.20. The molecule has 4 bridgehead atoms. The predicted molar refractivity (Wildman–Crippen MR) is 96.3 cm³/mol. The molecule has 114 valence electrons. The van der Waals surface area contributed by atoms with Crippen LogP contribution in [-0.2, 0) is 6.42 Å². The summed E-state index contributed by atoms with van der Waals surface area (Å²) in [7, 11) is 2.19. The molecule has 4 aliphatic rings. The van der Waals surface area contributed by atoms with Gasteiger partial charge in [-0.05, 0) is 115 Å². The predicted octanol–water partition coefficient (Wildman–Crippen LogP) is 4.64. The molecule has 1 N–H and O–H groups in total. The fourth-order valence-electron chi connectivity index (χ4n) is 6.09. The van der Waals surface area contributed by atoms with Crippen molar-refractivity contribution < 1.29 is 0 Å². The van der Waals surface area contributed by atoms with Crippen LogP contribution in [0.4, 0.5) is 0 Å². The topological polar surface area (TPSA) is 12.0 Å². The van der Waals surface area contributed by atoms with E-state index in [2.05, 4.69) is 59.2 Å². The lowest BCUT2D eigenvalue weighted by Gasteiger charge is -2.59. The van der Waals surface area contributed by atoms with Gasteiger partial charge in [0.2, 0.25) is 0 Å². The normalized spacial score (nSPS) is 38.7. The summed E-state index contributed by atoms with van der Waals surface area (Å²) in [5.74, 6) is 3.14. The molecule has 0 heterocycles. The Hall–Kier alpha value is -0.0900. The maximum absolute atomic E-state index is 3.72. The minimum atomic E-state index is 0.604. The van der Waals surface area contributed by atoms with Gasteiger partial charge in [0.1, 0.15) is 0 Å². The van der Waals surface area contributed by atoms with Crippen molar-refractivity contribution >= 4 is 22.6 Å². The van der Waals surface area contributed by atoms with Gasteiger partial charge in [-0.2, -0.15) is 0 Å². The SMILES string of the molecule is CNC(Cc1ccc(I)cc1)C12CC3CC(CC(C3)C1)C2. The summed E-state index contributed by atoms with van der Waals surface area (Å²) >= 11 is 2.40. The molecule has 0 saturated heterocycles. The molecule has 5 rings (SSSR count). The molecule has 1 aromatic rings. The van der Waals surface area contributed by atoms with Crippen molar-refractivity contribution in [1.29, 1.82) is 0 Å². The summed E-state index contributed by atoms with van der Waals surface area (Å²) in [5, 5.41) is 3.72. The number of rotatable bonds is 4. The van der Waals surface area contributed by atoms with Crippen molar-refractivity contribution in [1.82, 2.24) is 5.32 Å². The lowest BCUT2D eigenvalue weighted by molar-refractivity contribution is -0.0724. The molecule has 4 fully saturated rings. The summed E-state index contributed by atoms with van der Waals surface area (Å²) in [4.78, 5) is 0. The highest BCUT2D eigenvalue weighted by atomic mass is 127. The fraction of sp³-hybridized carbons (Fsp3) is 0.684. The van der Waals surface area contributed by atoms with E-state index in [-0.39, 0.29) is 0 Å². The van der Waals surface area contributed by atoms with Crippen molar-refractivity contribution in [3.8, 4) is 0 Å². The zero-order valence-corrected chi connectivity index (χ0v) is 15.1. The molecule has 0 radical (unpaired) electrons.